The number of rotatable bonds is 5. The Labute approximate surface area is 176 Å². The molecule has 1 aromatic heterocycles. The van der Waals surface area contributed by atoms with Crippen LogP contribution in [0.2, 0.25) is 0 Å². The number of amidine groups is 1. The molecule has 9 heteroatoms. The van der Waals surface area contributed by atoms with Crippen LogP contribution < -0.4 is 21.3 Å². The Morgan fingerprint density at radius 2 is 1.80 bits per heavy atom. The molecule has 0 radical (unpaired) electrons. The normalized spacial score (nSPS) is 15.5. The molecule has 3 rings (SSSR count). The molecule has 0 unspecified atom stereocenters. The molecule has 4 N–H and O–H groups in total. The maximum Gasteiger partial charge on any atom is 0.318 e. The topological polar surface area (TPSA) is 116 Å². The van der Waals surface area contributed by atoms with Gasteiger partial charge in [-0.3, -0.25) is 4.79 Å². The fourth-order valence-corrected chi connectivity index (χ4v) is 3.09. The molecule has 3 amide bonds. The Morgan fingerprint density at radius 1 is 1.10 bits per heavy atom. The first-order chi connectivity index (χ1) is 14.4. The van der Waals surface area contributed by atoms with Gasteiger partial charge in [-0.2, -0.15) is 0 Å². The summed E-state index contributed by atoms with van der Waals surface area (Å²) in [5.74, 6) is 1.08. The van der Waals surface area contributed by atoms with E-state index < -0.39 is 6.04 Å². The molecule has 1 saturated heterocycles. The molecule has 158 valence electrons. The zero-order valence-corrected chi connectivity index (χ0v) is 17.2. The largest absolute Gasteiger partial charge is 0.387 e. The smallest absolute Gasteiger partial charge is 0.318 e. The van der Waals surface area contributed by atoms with Crippen LogP contribution in [-0.4, -0.2) is 59.9 Å². The van der Waals surface area contributed by atoms with Gasteiger partial charge in [0.1, 0.15) is 11.9 Å². The average Bonchev–Trinajstić information content (AvgIpc) is 2.75. The lowest BCUT2D eigenvalue weighted by atomic mass is 10.2. The van der Waals surface area contributed by atoms with Crippen LogP contribution in [0.3, 0.4) is 0 Å². The molecule has 1 aromatic carbocycles. The first kappa shape index (κ1) is 21.1. The highest BCUT2D eigenvalue weighted by Crippen LogP contribution is 2.16. The minimum absolute atomic E-state index is 0.249. The van der Waals surface area contributed by atoms with E-state index >= 15 is 0 Å². The number of anilines is 2. The van der Waals surface area contributed by atoms with Crippen LogP contribution in [-0.2, 0) is 4.79 Å². The van der Waals surface area contributed by atoms with Crippen LogP contribution >= 0.6 is 0 Å². The molecule has 0 bridgehead atoms. The average molecular weight is 409 g/mol. The van der Waals surface area contributed by atoms with E-state index in [2.05, 4.69) is 25.5 Å². The predicted octanol–water partition coefficient (Wildman–Crippen LogP) is 1.95. The zero-order chi connectivity index (χ0) is 21.5. The van der Waals surface area contributed by atoms with Gasteiger partial charge in [0.25, 0.3) is 0 Å². The Kier molecular flexibility index (Phi) is 6.84. The zero-order valence-electron chi connectivity index (χ0n) is 17.2. The van der Waals surface area contributed by atoms with Crippen molar-refractivity contribution in [3.8, 4) is 0 Å². The molecular weight excluding hydrogens is 382 g/mol. The van der Waals surface area contributed by atoms with Gasteiger partial charge >= 0.3 is 6.03 Å². The summed E-state index contributed by atoms with van der Waals surface area (Å²) in [5.41, 5.74) is 6.89. The summed E-state index contributed by atoms with van der Waals surface area (Å²) in [5, 5.41) is 5.55. The fourth-order valence-electron chi connectivity index (χ4n) is 3.09. The van der Waals surface area contributed by atoms with Gasteiger partial charge < -0.3 is 26.2 Å². The van der Waals surface area contributed by atoms with Crippen LogP contribution in [0.5, 0.6) is 0 Å². The van der Waals surface area contributed by atoms with E-state index in [1.165, 1.54) is 0 Å². The highest BCUT2D eigenvalue weighted by molar-refractivity contribution is 5.96. The number of carbonyl (C=O) groups excluding carboxylic acids is 2. The molecule has 2 heterocycles. The third-order valence-electron chi connectivity index (χ3n) is 4.71. The van der Waals surface area contributed by atoms with Crippen molar-refractivity contribution in [2.24, 2.45) is 10.7 Å². The molecular formula is C21H27N7O2. The van der Waals surface area contributed by atoms with Crippen LogP contribution in [0.1, 0.15) is 13.8 Å². The number of pyridine rings is 1. The van der Waals surface area contributed by atoms with E-state index in [1.54, 1.807) is 49.2 Å². The van der Waals surface area contributed by atoms with E-state index in [4.69, 9.17) is 5.73 Å². The van der Waals surface area contributed by atoms with Crippen LogP contribution in [0.25, 0.3) is 0 Å². The summed E-state index contributed by atoms with van der Waals surface area (Å²) in [7, 11) is 0. The van der Waals surface area contributed by atoms with Crippen molar-refractivity contribution < 1.29 is 9.59 Å². The maximum absolute atomic E-state index is 12.5. The highest BCUT2D eigenvalue weighted by Gasteiger charge is 2.24. The SMILES string of the molecule is CC(N)=Nc1ccc(NC(=O)[C@H](C)NC(=O)N2CCN(c3ccccn3)CC2)cc1. The molecule has 30 heavy (non-hydrogen) atoms. The molecule has 9 nitrogen and oxygen atoms in total. The number of aromatic nitrogens is 1. The molecule has 0 aliphatic carbocycles. The van der Waals surface area contributed by atoms with E-state index in [1.807, 2.05) is 18.2 Å². The van der Waals surface area contributed by atoms with Gasteiger partial charge in [0, 0.05) is 38.1 Å². The third-order valence-corrected chi connectivity index (χ3v) is 4.71. The summed E-state index contributed by atoms with van der Waals surface area (Å²) in [4.78, 5) is 37.3. The second-order valence-corrected chi connectivity index (χ2v) is 7.12. The number of amides is 3. The first-order valence-electron chi connectivity index (χ1n) is 9.85. The number of hydrogen-bond donors (Lipinski definition) is 3. The number of benzene rings is 1. The van der Waals surface area contributed by atoms with Gasteiger partial charge in [-0.05, 0) is 50.2 Å². The van der Waals surface area contributed by atoms with Gasteiger partial charge in [-0.25, -0.2) is 14.8 Å². The van der Waals surface area contributed by atoms with Crippen molar-refractivity contribution in [2.75, 3.05) is 36.4 Å². The van der Waals surface area contributed by atoms with E-state index in [-0.39, 0.29) is 11.9 Å². The Balaban J connectivity index is 1.47. The Bertz CT molecular complexity index is 887. The van der Waals surface area contributed by atoms with Gasteiger partial charge in [0.05, 0.1) is 11.5 Å². The summed E-state index contributed by atoms with van der Waals surface area (Å²) in [6, 6.07) is 11.9. The highest BCUT2D eigenvalue weighted by atomic mass is 16.2. The molecule has 1 atom stereocenters. The maximum atomic E-state index is 12.5. The number of piperazine rings is 1. The summed E-state index contributed by atoms with van der Waals surface area (Å²) < 4.78 is 0. The summed E-state index contributed by atoms with van der Waals surface area (Å²) >= 11 is 0. The van der Waals surface area contributed by atoms with Gasteiger partial charge in [0.15, 0.2) is 0 Å². The standard InChI is InChI=1S/C21H27N7O2/c1-15(20(29)26-18-8-6-17(7-9-18)25-16(2)22)24-21(30)28-13-11-27(12-14-28)19-5-3-4-10-23-19/h3-10,15H,11-14H2,1-2H3,(H2,22,25)(H,24,30)(H,26,29)/t15-/m0/s1. The predicted molar refractivity (Wildman–Crippen MR) is 118 cm³/mol. The number of nitrogens with two attached hydrogens (primary N) is 1. The van der Waals surface area contributed by atoms with Crippen LogP contribution in [0.4, 0.5) is 22.0 Å². The number of hydrogen-bond acceptors (Lipinski definition) is 5. The van der Waals surface area contributed by atoms with E-state index in [0.717, 1.165) is 5.82 Å². The third kappa shape index (κ3) is 5.69. The number of carbonyl (C=O) groups is 2. The number of nitrogens with one attached hydrogen (secondary N) is 2. The fraction of sp³-hybridized carbons (Fsp3) is 0.333. The Hall–Kier alpha value is -3.62. The van der Waals surface area contributed by atoms with Crippen molar-refractivity contribution in [1.82, 2.24) is 15.2 Å². The van der Waals surface area contributed by atoms with Crippen LogP contribution in [0.15, 0.2) is 53.7 Å². The number of urea groups is 1. The molecule has 1 aliphatic heterocycles. The summed E-state index contributed by atoms with van der Waals surface area (Å²) in [6.07, 6.45) is 1.76. The van der Waals surface area contributed by atoms with Gasteiger partial charge in [0.2, 0.25) is 5.91 Å². The van der Waals surface area contributed by atoms with Gasteiger partial charge in [-0.1, -0.05) is 6.07 Å². The lowest BCUT2D eigenvalue weighted by Gasteiger charge is -2.35. The molecule has 1 fully saturated rings. The minimum atomic E-state index is -0.671. The lowest BCUT2D eigenvalue weighted by molar-refractivity contribution is -0.117. The van der Waals surface area contributed by atoms with Crippen molar-refractivity contribution in [3.63, 3.8) is 0 Å². The molecule has 0 saturated carbocycles. The molecule has 2 aromatic rings. The quantitative estimate of drug-likeness (QED) is 0.516. The van der Waals surface area contributed by atoms with E-state index in [9.17, 15) is 9.59 Å². The summed E-state index contributed by atoms with van der Waals surface area (Å²) in [6.45, 7) is 5.90. The van der Waals surface area contributed by atoms with Crippen molar-refractivity contribution in [2.45, 2.75) is 19.9 Å². The molecule has 0 spiro atoms. The van der Waals surface area contributed by atoms with Crippen molar-refractivity contribution >= 4 is 35.0 Å². The van der Waals surface area contributed by atoms with Crippen LogP contribution in [0, 0.1) is 0 Å². The molecule has 1 aliphatic rings. The van der Waals surface area contributed by atoms with E-state index in [0.29, 0.717) is 43.4 Å². The monoisotopic (exact) mass is 409 g/mol. The number of aliphatic imine (C=N–C) groups is 1. The lowest BCUT2D eigenvalue weighted by Crippen LogP contribution is -2.54. The number of nitrogens with zero attached hydrogens (tertiary/aromatic N) is 4. The van der Waals surface area contributed by atoms with Gasteiger partial charge in [-0.15, -0.1) is 0 Å². The second-order valence-electron chi connectivity index (χ2n) is 7.12. The van der Waals surface area contributed by atoms with Crippen molar-refractivity contribution in [1.29, 1.82) is 0 Å². The minimum Gasteiger partial charge on any atom is -0.387 e. The Morgan fingerprint density at radius 3 is 2.40 bits per heavy atom. The van der Waals surface area contributed by atoms with Crippen molar-refractivity contribution in [3.05, 3.63) is 48.7 Å². The first-order valence-corrected chi connectivity index (χ1v) is 9.85. The second kappa shape index (κ2) is 9.73.